The van der Waals surface area contributed by atoms with Crippen molar-refractivity contribution in [2.75, 3.05) is 39.6 Å². The Morgan fingerprint density at radius 3 is 1.61 bits per heavy atom. The van der Waals surface area contributed by atoms with Crippen LogP contribution in [0.1, 0.15) is 6.42 Å². The lowest BCUT2D eigenvalue weighted by Gasteiger charge is -2.57. The van der Waals surface area contributed by atoms with E-state index in [0.29, 0.717) is 34.7 Å². The highest BCUT2D eigenvalue weighted by molar-refractivity contribution is 6.05. The van der Waals surface area contributed by atoms with Gasteiger partial charge in [-0.1, -0.05) is 0 Å². The molecular formula is C12H20O5Si. The van der Waals surface area contributed by atoms with Gasteiger partial charge in [0.15, 0.2) is 0 Å². The fourth-order valence-electron chi connectivity index (χ4n) is 3.39. The van der Waals surface area contributed by atoms with Gasteiger partial charge in [0.2, 0.25) is 10.5 Å². The van der Waals surface area contributed by atoms with Gasteiger partial charge in [0.1, 0.15) is 0 Å². The Bertz CT molecular complexity index is 286. The molecule has 3 aliphatic heterocycles. The Morgan fingerprint density at radius 2 is 1.39 bits per heavy atom. The van der Waals surface area contributed by atoms with Crippen molar-refractivity contribution in [3.63, 3.8) is 0 Å². The van der Waals surface area contributed by atoms with Crippen LogP contribution < -0.4 is 0 Å². The van der Waals surface area contributed by atoms with Crippen LogP contribution in [-0.4, -0.2) is 56.1 Å². The van der Waals surface area contributed by atoms with Crippen molar-refractivity contribution in [3.05, 3.63) is 0 Å². The lowest BCUT2D eigenvalue weighted by atomic mass is 9.55. The highest BCUT2D eigenvalue weighted by Crippen LogP contribution is 2.53. The van der Waals surface area contributed by atoms with Crippen molar-refractivity contribution in [2.24, 2.45) is 23.2 Å². The maximum atomic E-state index is 11.9. The number of ether oxygens (including phenoxy) is 3. The summed E-state index contributed by atoms with van der Waals surface area (Å²) in [5.41, 5.74) is -0.0176. The van der Waals surface area contributed by atoms with Crippen LogP contribution in [-0.2, 0) is 23.4 Å². The van der Waals surface area contributed by atoms with Crippen molar-refractivity contribution in [3.8, 4) is 0 Å². The fourth-order valence-corrected chi connectivity index (χ4v) is 3.54. The molecular weight excluding hydrogens is 252 g/mol. The van der Waals surface area contributed by atoms with Gasteiger partial charge in [-0.05, 0) is 0 Å². The molecule has 0 N–H and O–H groups in total. The molecule has 102 valence electrons. The molecule has 0 amide bonds. The van der Waals surface area contributed by atoms with E-state index in [1.165, 1.54) is 0 Å². The Hall–Kier alpha value is -0.433. The molecule has 18 heavy (non-hydrogen) atoms. The van der Waals surface area contributed by atoms with E-state index < -0.39 is 0 Å². The van der Waals surface area contributed by atoms with Crippen LogP contribution in [0.25, 0.3) is 0 Å². The van der Waals surface area contributed by atoms with Crippen LogP contribution in [0, 0.1) is 23.2 Å². The smallest absolute Gasteiger partial charge is 0.292 e. The van der Waals surface area contributed by atoms with Crippen LogP contribution in [0.5, 0.6) is 0 Å². The third-order valence-corrected chi connectivity index (χ3v) is 5.33. The highest BCUT2D eigenvalue weighted by atomic mass is 28.2. The maximum absolute atomic E-state index is 11.9. The summed E-state index contributed by atoms with van der Waals surface area (Å²) in [6.45, 7) is 4.59. The van der Waals surface area contributed by atoms with Gasteiger partial charge in [-0.15, -0.1) is 0 Å². The normalized spacial score (nSPS) is 26.2. The molecule has 0 bridgehead atoms. The third-order valence-electron chi connectivity index (χ3n) is 4.87. The molecule has 0 unspecified atom stereocenters. The molecule has 0 spiro atoms. The summed E-state index contributed by atoms with van der Waals surface area (Å²) < 4.78 is 21.1. The van der Waals surface area contributed by atoms with Crippen LogP contribution >= 0.6 is 0 Å². The van der Waals surface area contributed by atoms with E-state index in [-0.39, 0.29) is 11.4 Å². The van der Waals surface area contributed by atoms with Gasteiger partial charge in [0, 0.05) is 23.2 Å². The standard InChI is InChI=1S/C12H20O5Si/c13-11(17-18)1-12(8-2-14-3-8,9-4-15-5-9)10-6-16-7-10/h8-10H,1-7H2,18H3. The second kappa shape index (κ2) is 4.92. The van der Waals surface area contributed by atoms with Crippen LogP contribution in [0.3, 0.4) is 0 Å². The fraction of sp³-hybridized carbons (Fsp3) is 0.917. The van der Waals surface area contributed by atoms with Gasteiger partial charge < -0.3 is 18.6 Å². The largest absolute Gasteiger partial charge is 0.529 e. The summed E-state index contributed by atoms with van der Waals surface area (Å²) in [7, 11) is 0.469. The quantitative estimate of drug-likeness (QED) is 0.609. The van der Waals surface area contributed by atoms with E-state index in [4.69, 9.17) is 18.6 Å². The molecule has 0 aliphatic carbocycles. The predicted molar refractivity (Wildman–Crippen MR) is 66.0 cm³/mol. The Balaban J connectivity index is 1.84. The number of hydrogen-bond donors (Lipinski definition) is 0. The maximum Gasteiger partial charge on any atom is 0.292 e. The zero-order valence-corrected chi connectivity index (χ0v) is 12.7. The average Bonchev–Trinajstić information content (AvgIpc) is 2.08. The van der Waals surface area contributed by atoms with Crippen molar-refractivity contribution < 1.29 is 23.4 Å². The van der Waals surface area contributed by atoms with Gasteiger partial charge in [-0.3, -0.25) is 4.79 Å². The van der Waals surface area contributed by atoms with Crippen LogP contribution in [0.2, 0.25) is 0 Å². The second-order valence-electron chi connectivity index (χ2n) is 5.57. The first-order valence-electron chi connectivity index (χ1n) is 6.57. The van der Waals surface area contributed by atoms with Gasteiger partial charge >= 0.3 is 0 Å². The summed E-state index contributed by atoms with van der Waals surface area (Å²) in [5, 5.41) is 0. The van der Waals surface area contributed by atoms with E-state index >= 15 is 0 Å². The molecule has 3 saturated heterocycles. The first-order valence-corrected chi connectivity index (χ1v) is 7.39. The second-order valence-corrected chi connectivity index (χ2v) is 5.98. The summed E-state index contributed by atoms with van der Waals surface area (Å²) in [5.74, 6) is 1.32. The van der Waals surface area contributed by atoms with Crippen molar-refractivity contribution in [1.82, 2.24) is 0 Å². The van der Waals surface area contributed by atoms with Gasteiger partial charge in [0.05, 0.1) is 46.1 Å². The van der Waals surface area contributed by atoms with E-state index in [1.807, 2.05) is 0 Å². The Morgan fingerprint density at radius 1 is 1.00 bits per heavy atom. The Kier molecular flexibility index (Phi) is 3.44. The first kappa shape index (κ1) is 12.6. The molecule has 6 heteroatoms. The van der Waals surface area contributed by atoms with Crippen molar-refractivity contribution >= 4 is 16.5 Å². The summed E-state index contributed by atoms with van der Waals surface area (Å²) in [6.07, 6.45) is 0.507. The summed E-state index contributed by atoms with van der Waals surface area (Å²) >= 11 is 0. The molecule has 3 fully saturated rings. The molecule has 0 aromatic rings. The lowest BCUT2D eigenvalue weighted by Crippen LogP contribution is -2.62. The molecule has 0 radical (unpaired) electrons. The molecule has 3 aliphatic rings. The van der Waals surface area contributed by atoms with Gasteiger partial charge in [-0.25, -0.2) is 0 Å². The number of rotatable bonds is 5. The predicted octanol–water partition coefficient (Wildman–Crippen LogP) is -0.874. The molecule has 0 atom stereocenters. The molecule has 5 nitrogen and oxygen atoms in total. The van der Waals surface area contributed by atoms with Crippen molar-refractivity contribution in [1.29, 1.82) is 0 Å². The highest BCUT2D eigenvalue weighted by Gasteiger charge is 2.58. The van der Waals surface area contributed by atoms with E-state index in [0.717, 1.165) is 39.6 Å². The average molecular weight is 272 g/mol. The molecule has 0 aromatic heterocycles. The van der Waals surface area contributed by atoms with E-state index in [9.17, 15) is 4.79 Å². The number of hydrogen-bond acceptors (Lipinski definition) is 5. The third kappa shape index (κ3) is 1.82. The van der Waals surface area contributed by atoms with E-state index in [1.54, 1.807) is 0 Å². The summed E-state index contributed by atoms with van der Waals surface area (Å²) in [6, 6.07) is 0. The van der Waals surface area contributed by atoms with E-state index in [2.05, 4.69) is 0 Å². The molecule has 3 heterocycles. The molecule has 0 saturated carbocycles. The van der Waals surface area contributed by atoms with Crippen LogP contribution in [0.15, 0.2) is 0 Å². The zero-order chi connectivity index (χ0) is 12.6. The number of carbonyl (C=O) groups excluding carboxylic acids is 1. The van der Waals surface area contributed by atoms with Gasteiger partial charge in [0.25, 0.3) is 5.97 Å². The van der Waals surface area contributed by atoms with Crippen molar-refractivity contribution in [2.45, 2.75) is 6.42 Å². The zero-order valence-electron chi connectivity index (χ0n) is 10.7. The monoisotopic (exact) mass is 272 g/mol. The Labute approximate surface area is 110 Å². The van der Waals surface area contributed by atoms with Gasteiger partial charge in [-0.2, -0.15) is 0 Å². The summed E-state index contributed by atoms with van der Waals surface area (Å²) in [4.78, 5) is 11.9. The minimum Gasteiger partial charge on any atom is -0.529 e. The van der Waals surface area contributed by atoms with Crippen LogP contribution in [0.4, 0.5) is 0 Å². The SMILES string of the molecule is O=C(CC(C1COC1)(C1COC1)C1COC1)O[SiH3]. The minimum atomic E-state index is -0.0626. The molecule has 0 aromatic carbocycles. The lowest BCUT2D eigenvalue weighted by molar-refractivity contribution is -0.242. The topological polar surface area (TPSA) is 54.0 Å². The number of carbonyl (C=O) groups is 1. The minimum absolute atomic E-state index is 0.0176. The first-order chi connectivity index (χ1) is 8.77. The molecule has 3 rings (SSSR count).